The van der Waals surface area contributed by atoms with Crippen LogP contribution in [0.5, 0.6) is 0 Å². The highest BCUT2D eigenvalue weighted by atomic mass is 32.2. The number of hydrogen-bond donors (Lipinski definition) is 1. The van der Waals surface area contributed by atoms with E-state index in [1.807, 2.05) is 0 Å². The van der Waals surface area contributed by atoms with Gasteiger partial charge < -0.3 is 10.5 Å². The Morgan fingerprint density at radius 1 is 1.76 bits per heavy atom. The van der Waals surface area contributed by atoms with Crippen LogP contribution in [0.3, 0.4) is 0 Å². The molecule has 0 spiro atoms. The summed E-state index contributed by atoms with van der Waals surface area (Å²) in [5.74, 6) is 0.465. The van der Waals surface area contributed by atoms with E-state index in [2.05, 4.69) is 10.2 Å². The van der Waals surface area contributed by atoms with Crippen LogP contribution in [-0.4, -0.2) is 34.1 Å². The Kier molecular flexibility index (Phi) is 4.01. The number of hydrogen-bond acceptors (Lipinski definition) is 7. The van der Waals surface area contributed by atoms with Gasteiger partial charge in [-0.1, -0.05) is 23.1 Å². The Hall–Kier alpha value is -0.660. The number of rotatable bonds is 6. The third-order valence-corrected chi connectivity index (χ3v) is 4.81. The minimum Gasteiger partial charge on any atom is -0.465 e. The largest absolute Gasteiger partial charge is 0.465 e. The van der Waals surface area contributed by atoms with Crippen LogP contribution in [0.4, 0.5) is 0 Å². The van der Waals surface area contributed by atoms with E-state index in [1.165, 1.54) is 23.1 Å². The lowest BCUT2D eigenvalue weighted by atomic mass is 9.97. The van der Waals surface area contributed by atoms with Crippen molar-refractivity contribution in [2.75, 3.05) is 12.4 Å². The van der Waals surface area contributed by atoms with Crippen molar-refractivity contribution in [3.05, 3.63) is 5.51 Å². The molecule has 2 rings (SSSR count). The van der Waals surface area contributed by atoms with Gasteiger partial charge in [-0.25, -0.2) is 0 Å². The van der Waals surface area contributed by atoms with Gasteiger partial charge in [-0.3, -0.25) is 4.79 Å². The summed E-state index contributed by atoms with van der Waals surface area (Å²) >= 11 is 2.93. The van der Waals surface area contributed by atoms with Crippen molar-refractivity contribution in [3.8, 4) is 0 Å². The van der Waals surface area contributed by atoms with Gasteiger partial charge in [-0.05, 0) is 25.7 Å². The standard InChI is InChI=1S/C10H15N3O2S2/c1-2-15-8(14)10(11,7-3-4-7)5-16-9-13-12-6-17-9/h6-7H,2-5,11H2,1H3. The Bertz CT molecular complexity index is 381. The van der Waals surface area contributed by atoms with Crippen molar-refractivity contribution in [2.24, 2.45) is 11.7 Å². The predicted molar refractivity (Wildman–Crippen MR) is 66.9 cm³/mol. The first kappa shape index (κ1) is 12.8. The van der Waals surface area contributed by atoms with E-state index >= 15 is 0 Å². The van der Waals surface area contributed by atoms with Crippen LogP contribution in [0, 0.1) is 5.92 Å². The minimum atomic E-state index is -0.869. The number of nitrogens with zero attached hydrogens (tertiary/aromatic N) is 2. The molecule has 7 heteroatoms. The SMILES string of the molecule is CCOC(=O)C(N)(CSc1nncs1)C1CC1. The summed E-state index contributed by atoms with van der Waals surface area (Å²) in [5.41, 5.74) is 7.01. The summed E-state index contributed by atoms with van der Waals surface area (Å²) in [7, 11) is 0. The van der Waals surface area contributed by atoms with Crippen LogP contribution >= 0.6 is 23.1 Å². The lowest BCUT2D eigenvalue weighted by Gasteiger charge is -2.26. The van der Waals surface area contributed by atoms with Gasteiger partial charge in [0.25, 0.3) is 0 Å². The molecule has 1 atom stereocenters. The Labute approximate surface area is 108 Å². The molecule has 1 heterocycles. The van der Waals surface area contributed by atoms with E-state index in [1.54, 1.807) is 12.4 Å². The number of ether oxygens (including phenoxy) is 1. The smallest absolute Gasteiger partial charge is 0.327 e. The third-order valence-electron chi connectivity index (χ3n) is 2.74. The van der Waals surface area contributed by atoms with Gasteiger partial charge in [0.05, 0.1) is 6.61 Å². The average molecular weight is 273 g/mol. The molecule has 0 bridgehead atoms. The molecule has 0 aliphatic heterocycles. The quantitative estimate of drug-likeness (QED) is 0.622. The van der Waals surface area contributed by atoms with Gasteiger partial charge in [-0.2, -0.15) is 0 Å². The molecular weight excluding hydrogens is 258 g/mol. The maximum Gasteiger partial charge on any atom is 0.327 e. The molecule has 0 amide bonds. The van der Waals surface area contributed by atoms with Gasteiger partial charge in [0.15, 0.2) is 4.34 Å². The van der Waals surface area contributed by atoms with Crippen molar-refractivity contribution in [1.82, 2.24) is 10.2 Å². The number of thioether (sulfide) groups is 1. The zero-order valence-corrected chi connectivity index (χ0v) is 11.2. The summed E-state index contributed by atoms with van der Waals surface area (Å²) in [6.07, 6.45) is 2.01. The number of carbonyl (C=O) groups is 1. The Morgan fingerprint density at radius 3 is 3.06 bits per heavy atom. The fraction of sp³-hybridized carbons (Fsp3) is 0.700. The van der Waals surface area contributed by atoms with Crippen molar-refractivity contribution < 1.29 is 9.53 Å². The second-order valence-corrected chi connectivity index (χ2v) is 6.08. The van der Waals surface area contributed by atoms with E-state index in [0.717, 1.165) is 17.2 Å². The number of esters is 1. The summed E-state index contributed by atoms with van der Waals surface area (Å²) in [4.78, 5) is 11.9. The van der Waals surface area contributed by atoms with E-state index in [4.69, 9.17) is 10.5 Å². The molecule has 1 saturated carbocycles. The normalized spacial score (nSPS) is 18.7. The van der Waals surface area contributed by atoms with Gasteiger partial charge in [0.2, 0.25) is 0 Å². The van der Waals surface area contributed by atoms with Gasteiger partial charge in [-0.15, -0.1) is 10.2 Å². The maximum absolute atomic E-state index is 11.9. The highest BCUT2D eigenvalue weighted by molar-refractivity contribution is 8.01. The molecule has 1 aromatic rings. The fourth-order valence-electron chi connectivity index (χ4n) is 1.61. The van der Waals surface area contributed by atoms with Crippen LogP contribution < -0.4 is 5.73 Å². The Morgan fingerprint density at radius 2 is 2.53 bits per heavy atom. The van der Waals surface area contributed by atoms with Crippen LogP contribution in [0.1, 0.15) is 19.8 Å². The van der Waals surface area contributed by atoms with E-state index in [0.29, 0.717) is 12.4 Å². The number of aromatic nitrogens is 2. The van der Waals surface area contributed by atoms with Crippen molar-refractivity contribution in [2.45, 2.75) is 29.6 Å². The predicted octanol–water partition coefficient (Wildman–Crippen LogP) is 1.30. The lowest BCUT2D eigenvalue weighted by Crippen LogP contribution is -2.53. The fourth-order valence-corrected chi connectivity index (χ4v) is 3.29. The molecule has 1 unspecified atom stereocenters. The summed E-state index contributed by atoms with van der Waals surface area (Å²) in [6.45, 7) is 2.16. The Balaban J connectivity index is 1.98. The molecule has 1 fully saturated rings. The second-order valence-electron chi connectivity index (χ2n) is 4.03. The van der Waals surface area contributed by atoms with Gasteiger partial charge in [0, 0.05) is 5.75 Å². The molecule has 5 nitrogen and oxygen atoms in total. The minimum absolute atomic E-state index is 0.252. The van der Waals surface area contributed by atoms with Crippen molar-refractivity contribution >= 4 is 29.1 Å². The van der Waals surface area contributed by atoms with Crippen LogP contribution in [-0.2, 0) is 9.53 Å². The first-order chi connectivity index (χ1) is 8.16. The van der Waals surface area contributed by atoms with Crippen LogP contribution in [0.25, 0.3) is 0 Å². The van der Waals surface area contributed by atoms with E-state index in [9.17, 15) is 4.79 Å². The number of carbonyl (C=O) groups excluding carboxylic acids is 1. The van der Waals surface area contributed by atoms with Gasteiger partial charge >= 0.3 is 5.97 Å². The highest BCUT2D eigenvalue weighted by Gasteiger charge is 2.49. The van der Waals surface area contributed by atoms with Gasteiger partial charge in [0.1, 0.15) is 11.0 Å². The summed E-state index contributed by atoms with van der Waals surface area (Å²) in [6, 6.07) is 0. The molecule has 0 radical (unpaired) electrons. The van der Waals surface area contributed by atoms with Crippen molar-refractivity contribution in [1.29, 1.82) is 0 Å². The average Bonchev–Trinajstić information content (AvgIpc) is 3.05. The molecule has 1 aromatic heterocycles. The monoisotopic (exact) mass is 273 g/mol. The molecule has 17 heavy (non-hydrogen) atoms. The van der Waals surface area contributed by atoms with E-state index < -0.39 is 5.54 Å². The zero-order chi connectivity index (χ0) is 12.3. The topological polar surface area (TPSA) is 78.1 Å². The summed E-state index contributed by atoms with van der Waals surface area (Å²) in [5, 5.41) is 7.68. The zero-order valence-electron chi connectivity index (χ0n) is 9.59. The molecule has 2 N–H and O–H groups in total. The van der Waals surface area contributed by atoms with Crippen molar-refractivity contribution in [3.63, 3.8) is 0 Å². The summed E-state index contributed by atoms with van der Waals surface area (Å²) < 4.78 is 5.91. The van der Waals surface area contributed by atoms with Crippen LogP contribution in [0.15, 0.2) is 9.85 Å². The highest BCUT2D eigenvalue weighted by Crippen LogP contribution is 2.41. The maximum atomic E-state index is 11.9. The molecule has 1 aliphatic carbocycles. The molecule has 94 valence electrons. The third kappa shape index (κ3) is 2.97. The van der Waals surface area contributed by atoms with Crippen LogP contribution in [0.2, 0.25) is 0 Å². The molecule has 0 aromatic carbocycles. The first-order valence-corrected chi connectivity index (χ1v) is 7.38. The lowest BCUT2D eigenvalue weighted by molar-refractivity contribution is -0.149. The molecule has 0 saturated heterocycles. The number of nitrogens with two attached hydrogens (primary N) is 1. The molecular formula is C10H15N3O2S2. The second kappa shape index (κ2) is 5.32. The first-order valence-electron chi connectivity index (χ1n) is 5.52. The molecule has 1 aliphatic rings. The van der Waals surface area contributed by atoms with E-state index in [-0.39, 0.29) is 11.9 Å².